The van der Waals surface area contributed by atoms with Gasteiger partial charge in [-0.15, -0.1) is 0 Å². The van der Waals surface area contributed by atoms with Crippen molar-refractivity contribution in [2.45, 2.75) is 19.9 Å². The number of hydrogen-bond donors (Lipinski definition) is 2. The Morgan fingerprint density at radius 2 is 2.14 bits per heavy atom. The van der Waals surface area contributed by atoms with Crippen LogP contribution in [0.2, 0.25) is 0 Å². The monoisotopic (exact) mass is 354 g/mol. The highest BCUT2D eigenvalue weighted by atomic mass is 79.9. The molecule has 0 saturated carbocycles. The van der Waals surface area contributed by atoms with E-state index in [4.69, 9.17) is 4.74 Å². The third-order valence-corrected chi connectivity index (χ3v) is 3.20. The maximum Gasteiger partial charge on any atom is 0.244 e. The summed E-state index contributed by atoms with van der Waals surface area (Å²) in [5.41, 5.74) is 0.771. The molecule has 0 aliphatic carbocycles. The van der Waals surface area contributed by atoms with Crippen molar-refractivity contribution in [3.8, 4) is 5.75 Å². The van der Waals surface area contributed by atoms with Crippen LogP contribution in [-0.2, 0) is 9.59 Å². The van der Waals surface area contributed by atoms with E-state index in [9.17, 15) is 9.59 Å². The van der Waals surface area contributed by atoms with Gasteiger partial charge >= 0.3 is 0 Å². The molecule has 5 nitrogen and oxygen atoms in total. The van der Waals surface area contributed by atoms with Crippen molar-refractivity contribution in [3.63, 3.8) is 0 Å². The van der Waals surface area contributed by atoms with E-state index >= 15 is 0 Å². The molecule has 0 saturated heterocycles. The summed E-state index contributed by atoms with van der Waals surface area (Å²) >= 11 is 3.37. The van der Waals surface area contributed by atoms with E-state index < -0.39 is 6.04 Å². The second-order valence-electron chi connectivity index (χ2n) is 4.34. The zero-order valence-electron chi connectivity index (χ0n) is 12.3. The van der Waals surface area contributed by atoms with Gasteiger partial charge in [0.1, 0.15) is 11.8 Å². The highest BCUT2D eigenvalue weighted by molar-refractivity contribution is 9.10. The number of amides is 2. The molecule has 6 heteroatoms. The van der Waals surface area contributed by atoms with E-state index in [-0.39, 0.29) is 11.8 Å². The minimum absolute atomic E-state index is 0.209. The third kappa shape index (κ3) is 5.59. The van der Waals surface area contributed by atoms with E-state index in [0.29, 0.717) is 12.3 Å². The van der Waals surface area contributed by atoms with Crippen molar-refractivity contribution in [2.24, 2.45) is 0 Å². The van der Waals surface area contributed by atoms with E-state index in [1.165, 1.54) is 6.08 Å². The first-order chi connectivity index (χ1) is 9.97. The van der Waals surface area contributed by atoms with Gasteiger partial charge in [0, 0.05) is 22.7 Å². The predicted octanol–water partition coefficient (Wildman–Crippen LogP) is 2.11. The molecule has 0 aliphatic heterocycles. The van der Waals surface area contributed by atoms with Crippen LogP contribution in [0.1, 0.15) is 19.4 Å². The molecule has 21 heavy (non-hydrogen) atoms. The Hall–Kier alpha value is -1.82. The smallest absolute Gasteiger partial charge is 0.244 e. The second kappa shape index (κ2) is 8.46. The summed E-state index contributed by atoms with van der Waals surface area (Å²) in [5, 5.41) is 5.24. The minimum atomic E-state index is -0.577. The summed E-state index contributed by atoms with van der Waals surface area (Å²) < 4.78 is 6.10. The molecule has 0 spiro atoms. The van der Waals surface area contributed by atoms with Crippen LogP contribution in [0.4, 0.5) is 0 Å². The quantitative estimate of drug-likeness (QED) is 0.768. The fraction of sp³-hybridized carbons (Fsp3) is 0.333. The lowest BCUT2D eigenvalue weighted by atomic mass is 10.2. The first-order valence-corrected chi connectivity index (χ1v) is 7.37. The van der Waals surface area contributed by atoms with Crippen molar-refractivity contribution in [1.82, 2.24) is 10.6 Å². The van der Waals surface area contributed by atoms with Crippen LogP contribution < -0.4 is 15.4 Å². The first-order valence-electron chi connectivity index (χ1n) is 6.57. The average molecular weight is 355 g/mol. The number of ether oxygens (including phenoxy) is 1. The van der Waals surface area contributed by atoms with Gasteiger partial charge in [-0.05, 0) is 38.1 Å². The number of carbonyl (C=O) groups excluding carboxylic acids is 2. The zero-order valence-corrected chi connectivity index (χ0v) is 13.9. The lowest BCUT2D eigenvalue weighted by molar-refractivity contribution is -0.126. The van der Waals surface area contributed by atoms with Crippen LogP contribution in [0.15, 0.2) is 28.7 Å². The topological polar surface area (TPSA) is 67.4 Å². The van der Waals surface area contributed by atoms with Gasteiger partial charge < -0.3 is 15.4 Å². The van der Waals surface area contributed by atoms with Gasteiger partial charge in [0.05, 0.1) is 7.11 Å². The summed E-state index contributed by atoms with van der Waals surface area (Å²) in [6, 6.07) is 4.92. The summed E-state index contributed by atoms with van der Waals surface area (Å²) in [6.45, 7) is 3.99. The maximum atomic E-state index is 11.8. The molecule has 1 rings (SSSR count). The molecule has 0 heterocycles. The van der Waals surface area contributed by atoms with Gasteiger partial charge in [0.15, 0.2) is 0 Å². The molecule has 1 atom stereocenters. The average Bonchev–Trinajstić information content (AvgIpc) is 2.45. The molecule has 114 valence electrons. The number of hydrogen-bond acceptors (Lipinski definition) is 3. The summed E-state index contributed by atoms with van der Waals surface area (Å²) in [6.07, 6.45) is 3.02. The molecule has 1 aromatic rings. The van der Waals surface area contributed by atoms with E-state index in [1.54, 1.807) is 26.2 Å². The molecule has 0 bridgehead atoms. The molecular weight excluding hydrogens is 336 g/mol. The molecule has 2 amide bonds. The molecule has 1 aromatic carbocycles. The molecule has 2 N–H and O–H groups in total. The third-order valence-electron chi connectivity index (χ3n) is 2.71. The Labute approximate surface area is 132 Å². The number of nitrogens with one attached hydrogen (secondary N) is 2. The van der Waals surface area contributed by atoms with Crippen molar-refractivity contribution >= 4 is 33.8 Å². The second-order valence-corrected chi connectivity index (χ2v) is 5.26. The molecular formula is C15H19BrN2O3. The largest absolute Gasteiger partial charge is 0.496 e. The fourth-order valence-electron chi connectivity index (χ4n) is 1.66. The van der Waals surface area contributed by atoms with E-state index in [2.05, 4.69) is 26.6 Å². The SMILES string of the molecule is CCNC(=O)[C@@H](C)NC(=O)/C=C/c1cc(Br)ccc1OC. The summed E-state index contributed by atoms with van der Waals surface area (Å²) in [4.78, 5) is 23.3. The Morgan fingerprint density at radius 1 is 1.43 bits per heavy atom. The van der Waals surface area contributed by atoms with Crippen LogP contribution in [0, 0.1) is 0 Å². The molecule has 0 aliphatic rings. The van der Waals surface area contributed by atoms with Crippen LogP contribution in [0.25, 0.3) is 6.08 Å². The highest BCUT2D eigenvalue weighted by Gasteiger charge is 2.12. The fourth-order valence-corrected chi connectivity index (χ4v) is 2.03. The number of benzene rings is 1. The Morgan fingerprint density at radius 3 is 2.76 bits per heavy atom. The van der Waals surface area contributed by atoms with E-state index in [1.807, 2.05) is 19.1 Å². The number of rotatable bonds is 6. The van der Waals surface area contributed by atoms with Gasteiger partial charge in [-0.1, -0.05) is 15.9 Å². The minimum Gasteiger partial charge on any atom is -0.496 e. The van der Waals surface area contributed by atoms with Gasteiger partial charge in [-0.25, -0.2) is 0 Å². The molecule has 0 aromatic heterocycles. The Bertz CT molecular complexity index is 544. The van der Waals surface area contributed by atoms with Gasteiger partial charge in [-0.3, -0.25) is 9.59 Å². The number of carbonyl (C=O) groups is 2. The number of halogens is 1. The van der Waals surface area contributed by atoms with Gasteiger partial charge in [0.2, 0.25) is 11.8 Å². The molecule has 0 unspecified atom stereocenters. The van der Waals surface area contributed by atoms with Crippen LogP contribution >= 0.6 is 15.9 Å². The summed E-state index contributed by atoms with van der Waals surface area (Å²) in [7, 11) is 1.57. The van der Waals surface area contributed by atoms with Gasteiger partial charge in [-0.2, -0.15) is 0 Å². The van der Waals surface area contributed by atoms with Crippen molar-refractivity contribution in [2.75, 3.05) is 13.7 Å². The first kappa shape index (κ1) is 17.2. The standard InChI is InChI=1S/C15H19BrN2O3/c1-4-17-15(20)10(2)18-14(19)8-5-11-9-12(16)6-7-13(11)21-3/h5-10H,4H2,1-3H3,(H,17,20)(H,18,19)/b8-5+/t10-/m1/s1. The molecule has 0 fully saturated rings. The lowest BCUT2D eigenvalue weighted by Crippen LogP contribution is -2.44. The zero-order chi connectivity index (χ0) is 15.8. The van der Waals surface area contributed by atoms with Gasteiger partial charge in [0.25, 0.3) is 0 Å². The van der Waals surface area contributed by atoms with Crippen molar-refractivity contribution in [1.29, 1.82) is 0 Å². The summed E-state index contributed by atoms with van der Waals surface area (Å²) in [5.74, 6) is 0.120. The maximum absolute atomic E-state index is 11.8. The highest BCUT2D eigenvalue weighted by Crippen LogP contribution is 2.23. The predicted molar refractivity (Wildman–Crippen MR) is 86.0 cm³/mol. The normalized spacial score (nSPS) is 12.0. The van der Waals surface area contributed by atoms with Crippen LogP contribution in [-0.4, -0.2) is 31.5 Å². The lowest BCUT2D eigenvalue weighted by Gasteiger charge is -2.11. The molecule has 0 radical (unpaired) electrons. The Kier molecular flexibility index (Phi) is 6.94. The van der Waals surface area contributed by atoms with Crippen molar-refractivity contribution in [3.05, 3.63) is 34.3 Å². The van der Waals surface area contributed by atoms with Crippen molar-refractivity contribution < 1.29 is 14.3 Å². The number of likely N-dealkylation sites (N-methyl/N-ethyl adjacent to an activating group) is 1. The van der Waals surface area contributed by atoms with E-state index in [0.717, 1.165) is 10.0 Å². The van der Waals surface area contributed by atoms with Crippen LogP contribution in [0.3, 0.4) is 0 Å². The number of methoxy groups -OCH3 is 1. The Balaban J connectivity index is 2.70. The van der Waals surface area contributed by atoms with Crippen LogP contribution in [0.5, 0.6) is 5.75 Å².